The molecule has 0 aromatic heterocycles. The van der Waals surface area contributed by atoms with Crippen LogP contribution in [0.25, 0.3) is 10.8 Å². The van der Waals surface area contributed by atoms with E-state index in [-0.39, 0.29) is 5.91 Å². The largest absolute Gasteiger partial charge is 0.342 e. The molecule has 0 bridgehead atoms. The molecule has 2 aliphatic rings. The lowest BCUT2D eigenvalue weighted by Gasteiger charge is -2.32. The quantitative estimate of drug-likeness (QED) is 0.513. The van der Waals surface area contributed by atoms with Crippen LogP contribution in [0.5, 0.6) is 0 Å². The van der Waals surface area contributed by atoms with Crippen molar-refractivity contribution in [2.45, 2.75) is 51.0 Å². The van der Waals surface area contributed by atoms with Crippen LogP contribution in [0.2, 0.25) is 0 Å². The first kappa shape index (κ1) is 24.2. The Morgan fingerprint density at radius 2 is 1.64 bits per heavy atom. The van der Waals surface area contributed by atoms with E-state index in [4.69, 9.17) is 0 Å². The highest BCUT2D eigenvalue weighted by atomic mass is 16.2. The van der Waals surface area contributed by atoms with Gasteiger partial charge < -0.3 is 20.4 Å². The van der Waals surface area contributed by atoms with E-state index in [2.05, 4.69) is 69.9 Å². The number of likely N-dealkylation sites (tertiary alicyclic amines) is 2. The minimum Gasteiger partial charge on any atom is -0.342 e. The molecule has 180 valence electrons. The third-order valence-corrected chi connectivity index (χ3v) is 7.63. The van der Waals surface area contributed by atoms with Gasteiger partial charge in [0.1, 0.15) is 0 Å². The predicted molar refractivity (Wildman–Crippen MR) is 138 cm³/mol. The van der Waals surface area contributed by atoms with Crippen LogP contribution >= 0.6 is 0 Å². The molecule has 5 heteroatoms. The fourth-order valence-corrected chi connectivity index (χ4v) is 5.42. The van der Waals surface area contributed by atoms with Crippen molar-refractivity contribution in [1.82, 2.24) is 20.4 Å². The third-order valence-electron chi connectivity index (χ3n) is 7.63. The summed E-state index contributed by atoms with van der Waals surface area (Å²) in [6.07, 6.45) is 7.91. The predicted octanol–water partition coefficient (Wildman–Crippen LogP) is 3.67. The Morgan fingerprint density at radius 1 is 0.909 bits per heavy atom. The lowest BCUT2D eigenvalue weighted by Crippen LogP contribution is -2.41. The van der Waals surface area contributed by atoms with Crippen LogP contribution < -0.4 is 10.6 Å². The SMILES string of the molecule is CN1CCCC1CNCCCCNCC1CCN(C(=O)Cc2cccc3ccccc23)CC1. The molecule has 2 N–H and O–H groups in total. The second-order valence-corrected chi connectivity index (χ2v) is 10.0. The van der Waals surface area contributed by atoms with Crippen molar-refractivity contribution in [2.75, 3.05) is 52.9 Å². The molecule has 0 saturated carbocycles. The summed E-state index contributed by atoms with van der Waals surface area (Å²) >= 11 is 0. The van der Waals surface area contributed by atoms with Crippen LogP contribution in [0.15, 0.2) is 42.5 Å². The van der Waals surface area contributed by atoms with Gasteiger partial charge >= 0.3 is 0 Å². The van der Waals surface area contributed by atoms with Gasteiger partial charge in [0, 0.05) is 25.7 Å². The molecular formula is C28H42N4O. The van der Waals surface area contributed by atoms with E-state index in [0.29, 0.717) is 12.3 Å². The Hall–Kier alpha value is -1.95. The Bertz CT molecular complexity index is 872. The van der Waals surface area contributed by atoms with Crippen molar-refractivity contribution in [3.63, 3.8) is 0 Å². The van der Waals surface area contributed by atoms with Crippen LogP contribution in [-0.4, -0.2) is 74.6 Å². The number of nitrogens with zero attached hydrogens (tertiary/aromatic N) is 2. The van der Waals surface area contributed by atoms with Crippen LogP contribution in [-0.2, 0) is 11.2 Å². The second-order valence-electron chi connectivity index (χ2n) is 10.0. The van der Waals surface area contributed by atoms with Gasteiger partial charge in [-0.2, -0.15) is 0 Å². The van der Waals surface area contributed by atoms with Crippen LogP contribution in [0, 0.1) is 5.92 Å². The minimum absolute atomic E-state index is 0.272. The van der Waals surface area contributed by atoms with Gasteiger partial charge in [0.2, 0.25) is 5.91 Å². The molecule has 1 amide bonds. The molecule has 2 aromatic rings. The maximum Gasteiger partial charge on any atom is 0.227 e. The number of hydrogen-bond donors (Lipinski definition) is 2. The summed E-state index contributed by atoms with van der Waals surface area (Å²) < 4.78 is 0. The van der Waals surface area contributed by atoms with Gasteiger partial charge in [-0.05, 0) is 94.0 Å². The summed E-state index contributed by atoms with van der Waals surface area (Å²) in [6, 6.07) is 15.4. The highest BCUT2D eigenvalue weighted by molar-refractivity contribution is 5.90. The molecule has 2 heterocycles. The molecule has 0 spiro atoms. The number of carbonyl (C=O) groups is 1. The molecule has 2 fully saturated rings. The normalized spacial score (nSPS) is 20.0. The van der Waals surface area contributed by atoms with E-state index in [1.54, 1.807) is 0 Å². The fraction of sp³-hybridized carbons (Fsp3) is 0.607. The number of benzene rings is 2. The summed E-state index contributed by atoms with van der Waals surface area (Å²) in [5, 5.41) is 9.71. The average molecular weight is 451 g/mol. The molecule has 5 nitrogen and oxygen atoms in total. The highest BCUT2D eigenvalue weighted by Crippen LogP contribution is 2.21. The molecule has 1 atom stereocenters. The molecule has 2 aliphatic heterocycles. The van der Waals surface area contributed by atoms with Crippen molar-refractivity contribution < 1.29 is 4.79 Å². The van der Waals surface area contributed by atoms with Gasteiger partial charge in [-0.15, -0.1) is 0 Å². The maximum absolute atomic E-state index is 12.9. The molecule has 0 aliphatic carbocycles. The van der Waals surface area contributed by atoms with Gasteiger partial charge in [-0.1, -0.05) is 42.5 Å². The van der Waals surface area contributed by atoms with Crippen molar-refractivity contribution in [3.8, 4) is 0 Å². The summed E-state index contributed by atoms with van der Waals surface area (Å²) in [6.45, 7) is 7.51. The molecule has 33 heavy (non-hydrogen) atoms. The summed E-state index contributed by atoms with van der Waals surface area (Å²) in [5.74, 6) is 0.969. The second kappa shape index (κ2) is 12.5. The molecule has 1 unspecified atom stereocenters. The third kappa shape index (κ3) is 7.02. The Morgan fingerprint density at radius 3 is 2.39 bits per heavy atom. The number of rotatable bonds is 11. The van der Waals surface area contributed by atoms with Gasteiger partial charge in [-0.3, -0.25) is 4.79 Å². The van der Waals surface area contributed by atoms with E-state index in [1.165, 1.54) is 43.0 Å². The van der Waals surface area contributed by atoms with Crippen molar-refractivity contribution in [2.24, 2.45) is 5.92 Å². The first-order valence-electron chi connectivity index (χ1n) is 13.1. The number of unbranched alkanes of at least 4 members (excludes halogenated alkanes) is 1. The lowest BCUT2D eigenvalue weighted by molar-refractivity contribution is -0.131. The van der Waals surface area contributed by atoms with Gasteiger partial charge in [0.05, 0.1) is 6.42 Å². The Kier molecular flexibility index (Phi) is 9.16. The lowest BCUT2D eigenvalue weighted by atomic mass is 9.95. The van der Waals surface area contributed by atoms with Crippen molar-refractivity contribution >= 4 is 16.7 Å². The zero-order valence-electron chi connectivity index (χ0n) is 20.4. The number of likely N-dealkylation sites (N-methyl/N-ethyl adjacent to an activating group) is 1. The van der Waals surface area contributed by atoms with E-state index >= 15 is 0 Å². The van der Waals surface area contributed by atoms with Crippen LogP contribution in [0.3, 0.4) is 0 Å². The summed E-state index contributed by atoms with van der Waals surface area (Å²) in [5.41, 5.74) is 1.15. The Labute approximate surface area is 199 Å². The molecule has 2 saturated heterocycles. The van der Waals surface area contributed by atoms with Gasteiger partial charge in [0.15, 0.2) is 0 Å². The van der Waals surface area contributed by atoms with Crippen molar-refractivity contribution in [3.05, 3.63) is 48.0 Å². The number of nitrogens with one attached hydrogen (secondary N) is 2. The molecule has 2 aromatic carbocycles. The smallest absolute Gasteiger partial charge is 0.227 e. The zero-order valence-corrected chi connectivity index (χ0v) is 20.4. The average Bonchev–Trinajstić information content (AvgIpc) is 3.26. The summed E-state index contributed by atoms with van der Waals surface area (Å²) in [4.78, 5) is 17.5. The standard InChI is InChI=1S/C28H42N4O/c1-31-17-7-11-26(31)22-30-16-5-4-15-29-21-23-13-18-32(19-14-23)28(33)20-25-10-6-9-24-8-2-3-12-27(24)25/h2-3,6,8-10,12,23,26,29-30H,4-5,7,11,13-22H2,1H3. The van der Waals surface area contributed by atoms with Crippen LogP contribution in [0.1, 0.15) is 44.1 Å². The maximum atomic E-state index is 12.9. The Balaban J connectivity index is 1.06. The minimum atomic E-state index is 0.272. The number of carbonyl (C=O) groups excluding carboxylic acids is 1. The van der Waals surface area contributed by atoms with E-state index in [9.17, 15) is 4.79 Å². The topological polar surface area (TPSA) is 47.6 Å². The van der Waals surface area contributed by atoms with Gasteiger partial charge in [-0.25, -0.2) is 0 Å². The van der Waals surface area contributed by atoms with E-state index < -0.39 is 0 Å². The fourth-order valence-electron chi connectivity index (χ4n) is 5.42. The number of amides is 1. The first-order chi connectivity index (χ1) is 16.2. The summed E-state index contributed by atoms with van der Waals surface area (Å²) in [7, 11) is 2.24. The van der Waals surface area contributed by atoms with Crippen LogP contribution in [0.4, 0.5) is 0 Å². The zero-order chi connectivity index (χ0) is 22.9. The number of piperidine rings is 1. The molecular weight excluding hydrogens is 408 g/mol. The number of fused-ring (bicyclic) bond motifs is 1. The van der Waals surface area contributed by atoms with Gasteiger partial charge in [0.25, 0.3) is 0 Å². The first-order valence-corrected chi connectivity index (χ1v) is 13.1. The molecule has 4 rings (SSSR count). The molecule has 0 radical (unpaired) electrons. The van der Waals surface area contributed by atoms with E-state index in [1.807, 2.05) is 0 Å². The highest BCUT2D eigenvalue weighted by Gasteiger charge is 2.23. The van der Waals surface area contributed by atoms with Crippen molar-refractivity contribution in [1.29, 1.82) is 0 Å². The monoisotopic (exact) mass is 450 g/mol. The van der Waals surface area contributed by atoms with E-state index in [0.717, 1.165) is 63.7 Å². The number of hydrogen-bond acceptors (Lipinski definition) is 4.